The minimum atomic E-state index is 0.516. The van der Waals surface area contributed by atoms with Gasteiger partial charge in [0.15, 0.2) is 0 Å². The quantitative estimate of drug-likeness (QED) is 0.700. The number of hydrogen-bond acceptors (Lipinski definition) is 4. The van der Waals surface area contributed by atoms with E-state index in [0.717, 1.165) is 22.4 Å². The monoisotopic (exact) mass is 251 g/mol. The van der Waals surface area contributed by atoms with Crippen LogP contribution in [-0.4, -0.2) is 15.2 Å². The Morgan fingerprint density at radius 3 is 2.42 bits per heavy atom. The van der Waals surface area contributed by atoms with Gasteiger partial charge in [0, 0.05) is 13.1 Å². The number of aromatic nitrogens is 3. The molecule has 0 aliphatic rings. The van der Waals surface area contributed by atoms with E-state index in [1.54, 1.807) is 13.1 Å². The number of aryl methyl sites for hydroxylation is 2. The molecule has 0 bridgehead atoms. The standard InChI is InChI=1S/C15H13N3O/c1-10-14(15-18-17-11(2)19-15)13(8-9-16-10)12-6-4-3-5-7-12/h3-9H,1-2H3. The summed E-state index contributed by atoms with van der Waals surface area (Å²) in [5.41, 5.74) is 3.94. The first-order valence-corrected chi connectivity index (χ1v) is 6.07. The topological polar surface area (TPSA) is 51.8 Å². The molecule has 0 aliphatic carbocycles. The molecule has 19 heavy (non-hydrogen) atoms. The van der Waals surface area contributed by atoms with Crippen LogP contribution in [0.5, 0.6) is 0 Å². The molecule has 3 rings (SSSR count). The Morgan fingerprint density at radius 2 is 1.74 bits per heavy atom. The van der Waals surface area contributed by atoms with Crippen molar-refractivity contribution in [1.29, 1.82) is 0 Å². The second-order valence-electron chi connectivity index (χ2n) is 4.31. The largest absolute Gasteiger partial charge is 0.421 e. The third-order valence-electron chi connectivity index (χ3n) is 2.97. The van der Waals surface area contributed by atoms with Crippen LogP contribution in [0.1, 0.15) is 11.6 Å². The number of nitrogens with zero attached hydrogens (tertiary/aromatic N) is 3. The highest BCUT2D eigenvalue weighted by molar-refractivity contribution is 5.80. The highest BCUT2D eigenvalue weighted by Crippen LogP contribution is 2.32. The molecule has 0 spiro atoms. The first-order valence-electron chi connectivity index (χ1n) is 6.07. The average molecular weight is 251 g/mol. The summed E-state index contributed by atoms with van der Waals surface area (Å²) in [5, 5.41) is 8.00. The van der Waals surface area contributed by atoms with Crippen molar-refractivity contribution in [2.75, 3.05) is 0 Å². The Bertz CT molecular complexity index is 704. The van der Waals surface area contributed by atoms with E-state index in [-0.39, 0.29) is 0 Å². The Balaban J connectivity index is 2.24. The van der Waals surface area contributed by atoms with Crippen LogP contribution in [0.15, 0.2) is 47.0 Å². The Labute approximate surface area is 111 Å². The zero-order valence-corrected chi connectivity index (χ0v) is 10.8. The van der Waals surface area contributed by atoms with E-state index in [4.69, 9.17) is 4.42 Å². The van der Waals surface area contributed by atoms with E-state index in [9.17, 15) is 0 Å². The number of hydrogen-bond donors (Lipinski definition) is 0. The molecule has 0 N–H and O–H groups in total. The molecular weight excluding hydrogens is 238 g/mol. The summed E-state index contributed by atoms with van der Waals surface area (Å²) >= 11 is 0. The van der Waals surface area contributed by atoms with Crippen LogP contribution < -0.4 is 0 Å². The summed E-state index contributed by atoms with van der Waals surface area (Å²) in [4.78, 5) is 4.32. The molecule has 0 fully saturated rings. The Morgan fingerprint density at radius 1 is 0.947 bits per heavy atom. The molecule has 4 heteroatoms. The predicted octanol–water partition coefficient (Wildman–Crippen LogP) is 3.42. The van der Waals surface area contributed by atoms with Crippen LogP contribution in [0.3, 0.4) is 0 Å². The van der Waals surface area contributed by atoms with Gasteiger partial charge in [-0.1, -0.05) is 30.3 Å². The van der Waals surface area contributed by atoms with Crippen molar-refractivity contribution in [2.45, 2.75) is 13.8 Å². The second kappa shape index (κ2) is 4.65. The van der Waals surface area contributed by atoms with E-state index in [0.29, 0.717) is 11.8 Å². The summed E-state index contributed by atoms with van der Waals surface area (Å²) in [7, 11) is 0. The molecule has 0 aliphatic heterocycles. The predicted molar refractivity (Wildman–Crippen MR) is 72.4 cm³/mol. The smallest absolute Gasteiger partial charge is 0.250 e. The van der Waals surface area contributed by atoms with Crippen molar-refractivity contribution >= 4 is 0 Å². The second-order valence-corrected chi connectivity index (χ2v) is 4.31. The highest BCUT2D eigenvalue weighted by Gasteiger charge is 2.16. The highest BCUT2D eigenvalue weighted by atomic mass is 16.4. The third-order valence-corrected chi connectivity index (χ3v) is 2.97. The molecule has 2 heterocycles. The number of rotatable bonds is 2. The molecule has 1 aromatic carbocycles. The fourth-order valence-electron chi connectivity index (χ4n) is 2.09. The zero-order valence-electron chi connectivity index (χ0n) is 10.8. The van der Waals surface area contributed by atoms with Crippen LogP contribution >= 0.6 is 0 Å². The van der Waals surface area contributed by atoms with Crippen LogP contribution in [-0.2, 0) is 0 Å². The van der Waals surface area contributed by atoms with E-state index in [2.05, 4.69) is 27.3 Å². The molecule has 94 valence electrons. The van der Waals surface area contributed by atoms with Gasteiger partial charge in [0.1, 0.15) is 0 Å². The van der Waals surface area contributed by atoms with Gasteiger partial charge in [-0.2, -0.15) is 0 Å². The maximum atomic E-state index is 5.55. The summed E-state index contributed by atoms with van der Waals surface area (Å²) in [6, 6.07) is 12.1. The van der Waals surface area contributed by atoms with Crippen LogP contribution in [0.2, 0.25) is 0 Å². The molecule has 0 saturated heterocycles. The van der Waals surface area contributed by atoms with Gasteiger partial charge in [-0.25, -0.2) is 0 Å². The summed E-state index contributed by atoms with van der Waals surface area (Å²) in [6.45, 7) is 3.73. The van der Waals surface area contributed by atoms with Crippen molar-refractivity contribution < 1.29 is 4.42 Å². The lowest BCUT2D eigenvalue weighted by Crippen LogP contribution is -1.92. The van der Waals surface area contributed by atoms with Crippen molar-refractivity contribution in [1.82, 2.24) is 15.2 Å². The van der Waals surface area contributed by atoms with Gasteiger partial charge in [0.2, 0.25) is 11.8 Å². The molecule has 0 amide bonds. The number of pyridine rings is 1. The fraction of sp³-hybridized carbons (Fsp3) is 0.133. The van der Waals surface area contributed by atoms with Crippen molar-refractivity contribution in [3.63, 3.8) is 0 Å². The summed E-state index contributed by atoms with van der Waals surface area (Å²) in [6.07, 6.45) is 1.80. The molecule has 3 aromatic rings. The molecule has 0 atom stereocenters. The van der Waals surface area contributed by atoms with E-state index < -0.39 is 0 Å². The fourth-order valence-corrected chi connectivity index (χ4v) is 2.09. The molecule has 2 aromatic heterocycles. The first kappa shape index (κ1) is 11.6. The lowest BCUT2D eigenvalue weighted by atomic mass is 9.99. The minimum absolute atomic E-state index is 0.516. The van der Waals surface area contributed by atoms with Crippen LogP contribution in [0.4, 0.5) is 0 Å². The van der Waals surface area contributed by atoms with Gasteiger partial charge in [0.05, 0.1) is 11.3 Å². The van der Waals surface area contributed by atoms with E-state index in [1.807, 2.05) is 31.2 Å². The van der Waals surface area contributed by atoms with Crippen molar-refractivity contribution in [3.05, 3.63) is 54.2 Å². The summed E-state index contributed by atoms with van der Waals surface area (Å²) < 4.78 is 5.55. The molecule has 0 unspecified atom stereocenters. The Hall–Kier alpha value is -2.49. The first-order chi connectivity index (χ1) is 9.25. The van der Waals surface area contributed by atoms with Crippen molar-refractivity contribution in [3.8, 4) is 22.6 Å². The maximum absolute atomic E-state index is 5.55. The van der Waals surface area contributed by atoms with Crippen LogP contribution in [0, 0.1) is 13.8 Å². The Kier molecular flexibility index (Phi) is 2.83. The van der Waals surface area contributed by atoms with Crippen molar-refractivity contribution in [2.24, 2.45) is 0 Å². The molecule has 4 nitrogen and oxygen atoms in total. The van der Waals surface area contributed by atoms with Gasteiger partial charge < -0.3 is 4.42 Å². The van der Waals surface area contributed by atoms with Gasteiger partial charge in [-0.3, -0.25) is 4.98 Å². The van der Waals surface area contributed by atoms with Gasteiger partial charge in [0.25, 0.3) is 0 Å². The van der Waals surface area contributed by atoms with Gasteiger partial charge >= 0.3 is 0 Å². The van der Waals surface area contributed by atoms with E-state index in [1.165, 1.54) is 0 Å². The normalized spacial score (nSPS) is 10.6. The zero-order chi connectivity index (χ0) is 13.2. The summed E-state index contributed by atoms with van der Waals surface area (Å²) in [5.74, 6) is 1.07. The lowest BCUT2D eigenvalue weighted by Gasteiger charge is -2.08. The van der Waals surface area contributed by atoms with Gasteiger partial charge in [-0.15, -0.1) is 10.2 Å². The molecule has 0 saturated carbocycles. The lowest BCUT2D eigenvalue weighted by molar-refractivity contribution is 0.532. The van der Waals surface area contributed by atoms with Crippen LogP contribution in [0.25, 0.3) is 22.6 Å². The average Bonchev–Trinajstić information content (AvgIpc) is 2.86. The van der Waals surface area contributed by atoms with E-state index >= 15 is 0 Å². The van der Waals surface area contributed by atoms with Gasteiger partial charge in [-0.05, 0) is 24.1 Å². The minimum Gasteiger partial charge on any atom is -0.421 e. The number of benzene rings is 1. The third kappa shape index (κ3) is 2.12. The maximum Gasteiger partial charge on any atom is 0.250 e. The molecular formula is C15H13N3O. The molecule has 0 radical (unpaired) electrons. The SMILES string of the molecule is Cc1nnc(-c2c(-c3ccccc3)ccnc2C)o1.